The van der Waals surface area contributed by atoms with E-state index in [9.17, 15) is 12.8 Å². The monoisotopic (exact) mass is 481 g/mol. The molecule has 1 heterocycles. The third kappa shape index (κ3) is 6.40. The molecular weight excluding hydrogens is 456 g/mol. The summed E-state index contributed by atoms with van der Waals surface area (Å²) < 4.78 is 36.7. The van der Waals surface area contributed by atoms with Gasteiger partial charge in [-0.25, -0.2) is 17.8 Å². The molecule has 0 spiro atoms. The molecule has 2 aliphatic rings. The molecule has 1 saturated heterocycles. The number of hydrogen-bond acceptors (Lipinski definition) is 3. The second kappa shape index (κ2) is 8.66. The molecule has 0 bridgehead atoms. The molecule has 8 heteroatoms. The minimum atomic E-state index is -2.86. The molecule has 0 amide bonds. The lowest BCUT2D eigenvalue weighted by Gasteiger charge is -2.15. The summed E-state index contributed by atoms with van der Waals surface area (Å²) in [6.07, 6.45) is 2.95. The Kier molecular flexibility index (Phi) is 7.07. The van der Waals surface area contributed by atoms with Crippen molar-refractivity contribution in [3.05, 3.63) is 35.1 Å². The zero-order valence-corrected chi connectivity index (χ0v) is 17.4. The van der Waals surface area contributed by atoms with Gasteiger partial charge in [-0.15, -0.1) is 24.0 Å². The van der Waals surface area contributed by atoms with Crippen LogP contribution in [-0.4, -0.2) is 38.5 Å². The van der Waals surface area contributed by atoms with Crippen molar-refractivity contribution in [1.82, 2.24) is 10.6 Å². The lowest BCUT2D eigenvalue weighted by Crippen LogP contribution is -2.41. The van der Waals surface area contributed by atoms with Gasteiger partial charge in [0.2, 0.25) is 0 Å². The smallest absolute Gasteiger partial charge is 0.191 e. The number of nitrogens with one attached hydrogen (secondary N) is 2. The van der Waals surface area contributed by atoms with Crippen LogP contribution in [0.4, 0.5) is 4.39 Å². The lowest BCUT2D eigenvalue weighted by molar-refractivity contribution is 0.566. The van der Waals surface area contributed by atoms with Crippen LogP contribution < -0.4 is 10.6 Å². The Balaban J connectivity index is 0.00000225. The summed E-state index contributed by atoms with van der Waals surface area (Å²) in [4.78, 5) is 4.52. The Bertz CT molecular complexity index is 735. The third-order valence-corrected chi connectivity index (χ3v) is 6.30. The fourth-order valence-corrected chi connectivity index (χ4v) is 4.61. The average molecular weight is 481 g/mol. The van der Waals surface area contributed by atoms with E-state index in [1.54, 1.807) is 13.0 Å². The number of halogens is 2. The van der Waals surface area contributed by atoms with E-state index >= 15 is 0 Å². The van der Waals surface area contributed by atoms with Crippen molar-refractivity contribution in [3.8, 4) is 0 Å². The van der Waals surface area contributed by atoms with E-state index in [4.69, 9.17) is 0 Å². The molecule has 0 aromatic heterocycles. The highest BCUT2D eigenvalue weighted by atomic mass is 127. The first-order chi connectivity index (χ1) is 11.4. The van der Waals surface area contributed by atoms with Gasteiger partial charge in [-0.2, -0.15) is 0 Å². The van der Waals surface area contributed by atoms with Gasteiger partial charge in [-0.3, -0.25) is 0 Å². The maximum atomic E-state index is 13.6. The van der Waals surface area contributed by atoms with Crippen molar-refractivity contribution in [2.45, 2.75) is 38.8 Å². The summed E-state index contributed by atoms with van der Waals surface area (Å²) in [6.45, 7) is 2.72. The minimum Gasteiger partial charge on any atom is -0.356 e. The number of rotatable bonds is 5. The number of guanidine groups is 1. The molecule has 25 heavy (non-hydrogen) atoms. The molecule has 1 atom stereocenters. The number of benzene rings is 1. The Morgan fingerprint density at radius 2 is 2.08 bits per heavy atom. The SMILES string of the molecule is Cc1ccc(CN=C(NCC2CCS(=O)(=O)C2)NC2CC2)cc1F.I. The highest BCUT2D eigenvalue weighted by molar-refractivity contribution is 14.0. The highest BCUT2D eigenvalue weighted by Crippen LogP contribution is 2.19. The van der Waals surface area contributed by atoms with Crippen LogP contribution in [0.15, 0.2) is 23.2 Å². The largest absolute Gasteiger partial charge is 0.356 e. The molecule has 1 saturated carbocycles. The molecular formula is C17H25FIN3O2S. The van der Waals surface area contributed by atoms with Gasteiger partial charge in [0, 0.05) is 12.6 Å². The van der Waals surface area contributed by atoms with Crippen molar-refractivity contribution in [3.63, 3.8) is 0 Å². The second-order valence-corrected chi connectivity index (χ2v) is 9.05. The fourth-order valence-electron chi connectivity index (χ4n) is 2.75. The molecule has 1 aliphatic heterocycles. The van der Waals surface area contributed by atoms with Gasteiger partial charge in [0.1, 0.15) is 5.82 Å². The Hall–Kier alpha value is -0.900. The van der Waals surface area contributed by atoms with E-state index in [-0.39, 0.29) is 47.2 Å². The predicted octanol–water partition coefficient (Wildman–Crippen LogP) is 2.38. The summed E-state index contributed by atoms with van der Waals surface area (Å²) in [5.41, 5.74) is 1.44. The van der Waals surface area contributed by atoms with Crippen LogP contribution in [0.3, 0.4) is 0 Å². The van der Waals surface area contributed by atoms with Crippen molar-refractivity contribution >= 4 is 39.8 Å². The van der Waals surface area contributed by atoms with Gasteiger partial charge in [-0.05, 0) is 49.3 Å². The van der Waals surface area contributed by atoms with Crippen LogP contribution in [0.25, 0.3) is 0 Å². The van der Waals surface area contributed by atoms with Crippen LogP contribution in [0.2, 0.25) is 0 Å². The van der Waals surface area contributed by atoms with E-state index in [0.717, 1.165) is 18.4 Å². The van der Waals surface area contributed by atoms with Gasteiger partial charge in [0.15, 0.2) is 15.8 Å². The number of nitrogens with zero attached hydrogens (tertiary/aromatic N) is 1. The van der Waals surface area contributed by atoms with E-state index < -0.39 is 9.84 Å². The van der Waals surface area contributed by atoms with Gasteiger partial charge in [0.25, 0.3) is 0 Å². The first-order valence-corrected chi connectivity index (χ1v) is 10.2. The quantitative estimate of drug-likeness (QED) is 0.385. The van der Waals surface area contributed by atoms with E-state index in [1.807, 2.05) is 6.07 Å². The minimum absolute atomic E-state index is 0. The molecule has 3 rings (SSSR count). The van der Waals surface area contributed by atoms with E-state index in [1.165, 1.54) is 6.07 Å². The molecule has 2 fully saturated rings. The van der Waals surface area contributed by atoms with Crippen LogP contribution in [-0.2, 0) is 16.4 Å². The number of sulfone groups is 1. The Morgan fingerprint density at radius 3 is 2.68 bits per heavy atom. The molecule has 1 aromatic carbocycles. The summed E-state index contributed by atoms with van der Waals surface area (Å²) >= 11 is 0. The fraction of sp³-hybridized carbons (Fsp3) is 0.588. The van der Waals surface area contributed by atoms with Crippen LogP contribution >= 0.6 is 24.0 Å². The maximum absolute atomic E-state index is 13.6. The van der Waals surface area contributed by atoms with Crippen LogP contribution in [0.1, 0.15) is 30.4 Å². The predicted molar refractivity (Wildman–Crippen MR) is 109 cm³/mol. The molecule has 1 aromatic rings. The van der Waals surface area contributed by atoms with Gasteiger partial charge in [-0.1, -0.05) is 12.1 Å². The average Bonchev–Trinajstić information content (AvgIpc) is 3.27. The molecule has 1 aliphatic carbocycles. The molecule has 5 nitrogen and oxygen atoms in total. The summed E-state index contributed by atoms with van der Waals surface area (Å²) in [5, 5.41) is 6.58. The first-order valence-electron chi connectivity index (χ1n) is 8.41. The molecule has 140 valence electrons. The van der Waals surface area contributed by atoms with Crippen LogP contribution in [0, 0.1) is 18.7 Å². The zero-order valence-electron chi connectivity index (χ0n) is 14.3. The summed E-state index contributed by atoms with van der Waals surface area (Å²) in [7, 11) is -2.86. The number of aryl methyl sites for hydroxylation is 1. The maximum Gasteiger partial charge on any atom is 0.191 e. The Morgan fingerprint density at radius 1 is 1.32 bits per heavy atom. The second-order valence-electron chi connectivity index (χ2n) is 6.82. The normalized spacial score (nSPS) is 22.3. The summed E-state index contributed by atoms with van der Waals surface area (Å²) in [6, 6.07) is 5.58. The van der Waals surface area contributed by atoms with Gasteiger partial charge in [0.05, 0.1) is 18.1 Å². The standard InChI is InChI=1S/C17H24FN3O2S.HI/c1-12-2-3-13(8-16(12)18)9-19-17(21-15-4-5-15)20-10-14-6-7-24(22,23)11-14;/h2-3,8,14-15H,4-7,9-11H2,1H3,(H2,19,20,21);1H. The van der Waals surface area contributed by atoms with Crippen molar-refractivity contribution in [2.75, 3.05) is 18.1 Å². The van der Waals surface area contributed by atoms with Gasteiger partial charge < -0.3 is 10.6 Å². The van der Waals surface area contributed by atoms with E-state index in [2.05, 4.69) is 15.6 Å². The Labute approximate surface area is 165 Å². The lowest BCUT2D eigenvalue weighted by atomic mass is 10.1. The molecule has 2 N–H and O–H groups in total. The summed E-state index contributed by atoms with van der Waals surface area (Å²) in [5.74, 6) is 1.13. The van der Waals surface area contributed by atoms with Crippen molar-refractivity contribution < 1.29 is 12.8 Å². The first kappa shape index (κ1) is 20.4. The molecule has 1 unspecified atom stereocenters. The van der Waals surface area contributed by atoms with E-state index in [0.29, 0.717) is 37.1 Å². The van der Waals surface area contributed by atoms with Crippen LogP contribution in [0.5, 0.6) is 0 Å². The van der Waals surface area contributed by atoms with Crippen molar-refractivity contribution in [2.24, 2.45) is 10.9 Å². The highest BCUT2D eigenvalue weighted by Gasteiger charge is 2.28. The number of aliphatic imine (C=N–C) groups is 1. The topological polar surface area (TPSA) is 70.6 Å². The third-order valence-electron chi connectivity index (χ3n) is 4.46. The van der Waals surface area contributed by atoms with Gasteiger partial charge >= 0.3 is 0 Å². The van der Waals surface area contributed by atoms with Crippen molar-refractivity contribution in [1.29, 1.82) is 0 Å². The zero-order chi connectivity index (χ0) is 17.2. The number of hydrogen-bond donors (Lipinski definition) is 2. The molecule has 0 radical (unpaired) electrons.